The minimum Gasteiger partial charge on any atom is -0.456 e. The minimum atomic E-state index is 0.949. The molecule has 4 aromatic carbocycles. The molecule has 0 spiro atoms. The van der Waals surface area contributed by atoms with Crippen LogP contribution in [0.15, 0.2) is 94.9 Å². The van der Waals surface area contributed by atoms with Gasteiger partial charge in [0, 0.05) is 10.8 Å². The van der Waals surface area contributed by atoms with Gasteiger partial charge in [0.1, 0.15) is 11.2 Å². The fourth-order valence-electron chi connectivity index (χ4n) is 5.53. The zero-order chi connectivity index (χ0) is 20.4. The standard InChI is InChI=1S/C30H22O/c1-2-6-23-19(5-1)9-14-26-24-13-10-20(17-22(24)12-15-25(23)26)21-11-16-28-27-7-3-4-8-29(27)31-30(28)18-21/h2-4,6-8,10-13,15-18H,1,5,9,14H2. The smallest absolute Gasteiger partial charge is 0.136 e. The van der Waals surface area contributed by atoms with Crippen molar-refractivity contribution in [3.8, 4) is 11.1 Å². The molecule has 2 aliphatic carbocycles. The van der Waals surface area contributed by atoms with Crippen molar-refractivity contribution in [2.75, 3.05) is 0 Å². The Kier molecular flexibility index (Phi) is 3.57. The van der Waals surface area contributed by atoms with E-state index in [1.807, 2.05) is 12.1 Å². The van der Waals surface area contributed by atoms with Gasteiger partial charge in [0.25, 0.3) is 0 Å². The van der Waals surface area contributed by atoms with Crippen LogP contribution in [-0.2, 0) is 6.42 Å². The number of hydrogen-bond acceptors (Lipinski definition) is 1. The van der Waals surface area contributed by atoms with E-state index in [4.69, 9.17) is 4.42 Å². The molecular formula is C30H22O. The molecule has 0 atom stereocenters. The summed E-state index contributed by atoms with van der Waals surface area (Å²) < 4.78 is 6.12. The highest BCUT2D eigenvalue weighted by atomic mass is 16.3. The summed E-state index contributed by atoms with van der Waals surface area (Å²) in [6.07, 6.45) is 9.46. The lowest BCUT2D eigenvalue weighted by molar-refractivity contribution is 0.669. The van der Waals surface area contributed by atoms with Crippen LogP contribution in [0.5, 0.6) is 0 Å². The first-order valence-corrected chi connectivity index (χ1v) is 11.2. The molecule has 0 unspecified atom stereocenters. The van der Waals surface area contributed by atoms with Crippen molar-refractivity contribution in [3.63, 3.8) is 0 Å². The molecule has 0 N–H and O–H groups in total. The Morgan fingerprint density at radius 3 is 2.45 bits per heavy atom. The summed E-state index contributed by atoms with van der Waals surface area (Å²) >= 11 is 0. The average molecular weight is 399 g/mol. The molecule has 1 heteroatoms. The molecule has 1 aromatic heterocycles. The topological polar surface area (TPSA) is 13.1 Å². The lowest BCUT2D eigenvalue weighted by atomic mass is 9.79. The van der Waals surface area contributed by atoms with Crippen LogP contribution in [0.2, 0.25) is 0 Å². The molecule has 0 amide bonds. The normalized spacial score (nSPS) is 15.6. The Labute approximate surface area is 181 Å². The molecule has 0 saturated heterocycles. The highest BCUT2D eigenvalue weighted by Crippen LogP contribution is 2.41. The van der Waals surface area contributed by atoms with Gasteiger partial charge in [-0.05, 0) is 88.5 Å². The van der Waals surface area contributed by atoms with E-state index in [9.17, 15) is 0 Å². The van der Waals surface area contributed by atoms with Crippen molar-refractivity contribution in [1.29, 1.82) is 0 Å². The fourth-order valence-corrected chi connectivity index (χ4v) is 5.53. The summed E-state index contributed by atoms with van der Waals surface area (Å²) in [5.41, 5.74) is 10.4. The molecule has 148 valence electrons. The van der Waals surface area contributed by atoms with Crippen molar-refractivity contribution >= 4 is 38.3 Å². The lowest BCUT2D eigenvalue weighted by Crippen LogP contribution is -2.07. The molecule has 7 rings (SSSR count). The van der Waals surface area contributed by atoms with Crippen LogP contribution in [-0.4, -0.2) is 0 Å². The van der Waals surface area contributed by atoms with Gasteiger partial charge in [0.15, 0.2) is 0 Å². The van der Waals surface area contributed by atoms with Crippen molar-refractivity contribution in [2.45, 2.75) is 25.7 Å². The van der Waals surface area contributed by atoms with E-state index < -0.39 is 0 Å². The Bertz CT molecular complexity index is 1580. The van der Waals surface area contributed by atoms with Gasteiger partial charge in [-0.3, -0.25) is 0 Å². The first-order chi connectivity index (χ1) is 15.3. The molecule has 0 fully saturated rings. The van der Waals surface area contributed by atoms with Crippen molar-refractivity contribution in [1.82, 2.24) is 0 Å². The Morgan fingerprint density at radius 2 is 1.48 bits per heavy atom. The van der Waals surface area contributed by atoms with Gasteiger partial charge < -0.3 is 4.42 Å². The van der Waals surface area contributed by atoms with Gasteiger partial charge in [-0.2, -0.15) is 0 Å². The fraction of sp³-hybridized carbons (Fsp3) is 0.133. The molecular weight excluding hydrogens is 376 g/mol. The predicted molar refractivity (Wildman–Crippen MR) is 130 cm³/mol. The first kappa shape index (κ1) is 17.1. The summed E-state index contributed by atoms with van der Waals surface area (Å²) in [6.45, 7) is 0. The highest BCUT2D eigenvalue weighted by molar-refractivity contribution is 6.06. The van der Waals surface area contributed by atoms with E-state index in [-0.39, 0.29) is 0 Å². The summed E-state index contributed by atoms with van der Waals surface area (Å²) in [7, 11) is 0. The summed E-state index contributed by atoms with van der Waals surface area (Å²) in [6, 6.07) is 26.4. The van der Waals surface area contributed by atoms with E-state index in [1.165, 1.54) is 68.6 Å². The number of allylic oxidation sites excluding steroid dienone is 4. The predicted octanol–water partition coefficient (Wildman–Crippen LogP) is 8.46. The average Bonchev–Trinajstić information content (AvgIpc) is 3.21. The zero-order valence-corrected chi connectivity index (χ0v) is 17.3. The second-order valence-corrected chi connectivity index (χ2v) is 8.80. The Hall–Kier alpha value is -3.58. The Balaban J connectivity index is 1.36. The molecule has 0 bridgehead atoms. The summed E-state index contributed by atoms with van der Waals surface area (Å²) in [4.78, 5) is 0. The van der Waals surface area contributed by atoms with Crippen LogP contribution in [0.25, 0.3) is 49.4 Å². The van der Waals surface area contributed by atoms with Crippen LogP contribution in [0.3, 0.4) is 0 Å². The van der Waals surface area contributed by atoms with Gasteiger partial charge >= 0.3 is 0 Å². The number of rotatable bonds is 1. The molecule has 31 heavy (non-hydrogen) atoms. The van der Waals surface area contributed by atoms with Crippen LogP contribution in [0, 0.1) is 0 Å². The SMILES string of the molecule is C1=CC2=C(CC1)CCc1c2ccc2cc(-c3ccc4c(c3)oc3ccccc34)ccc12. The van der Waals surface area contributed by atoms with Crippen LogP contribution >= 0.6 is 0 Å². The number of furan rings is 1. The van der Waals surface area contributed by atoms with Crippen molar-refractivity contribution in [3.05, 3.63) is 102 Å². The maximum atomic E-state index is 6.12. The quantitative estimate of drug-likeness (QED) is 0.276. The van der Waals surface area contributed by atoms with E-state index >= 15 is 0 Å². The summed E-state index contributed by atoms with van der Waals surface area (Å²) in [5, 5.41) is 5.08. The number of para-hydroxylation sites is 1. The monoisotopic (exact) mass is 398 g/mol. The van der Waals surface area contributed by atoms with Crippen LogP contribution in [0.1, 0.15) is 30.4 Å². The molecule has 1 heterocycles. The third kappa shape index (κ3) is 2.56. The van der Waals surface area contributed by atoms with Gasteiger partial charge in [0.05, 0.1) is 0 Å². The van der Waals surface area contributed by atoms with Crippen LogP contribution < -0.4 is 0 Å². The molecule has 2 aliphatic rings. The van der Waals surface area contributed by atoms with E-state index in [1.54, 1.807) is 5.57 Å². The van der Waals surface area contributed by atoms with E-state index in [2.05, 4.69) is 72.8 Å². The first-order valence-electron chi connectivity index (χ1n) is 11.2. The molecule has 5 aromatic rings. The number of benzene rings is 4. The molecule has 1 nitrogen and oxygen atoms in total. The third-order valence-corrected chi connectivity index (χ3v) is 7.09. The van der Waals surface area contributed by atoms with Gasteiger partial charge in [-0.15, -0.1) is 0 Å². The lowest BCUT2D eigenvalue weighted by Gasteiger charge is -2.25. The number of hydrogen-bond donors (Lipinski definition) is 0. The van der Waals surface area contributed by atoms with E-state index in [0.717, 1.165) is 17.6 Å². The van der Waals surface area contributed by atoms with Gasteiger partial charge in [0.2, 0.25) is 0 Å². The van der Waals surface area contributed by atoms with E-state index in [0.29, 0.717) is 0 Å². The van der Waals surface area contributed by atoms with Gasteiger partial charge in [-0.25, -0.2) is 0 Å². The second kappa shape index (κ2) is 6.46. The number of fused-ring (bicyclic) bond motifs is 7. The minimum absolute atomic E-state index is 0.949. The molecule has 0 saturated carbocycles. The number of aryl methyl sites for hydroxylation is 1. The highest BCUT2D eigenvalue weighted by Gasteiger charge is 2.20. The summed E-state index contributed by atoms with van der Waals surface area (Å²) in [5.74, 6) is 0. The van der Waals surface area contributed by atoms with Gasteiger partial charge in [-0.1, -0.05) is 66.3 Å². The maximum Gasteiger partial charge on any atom is 0.136 e. The molecule has 0 aliphatic heterocycles. The van der Waals surface area contributed by atoms with Crippen LogP contribution in [0.4, 0.5) is 0 Å². The molecule has 0 radical (unpaired) electrons. The van der Waals surface area contributed by atoms with Crippen molar-refractivity contribution in [2.24, 2.45) is 0 Å². The second-order valence-electron chi connectivity index (χ2n) is 8.80. The third-order valence-electron chi connectivity index (χ3n) is 7.09. The zero-order valence-electron chi connectivity index (χ0n) is 17.3. The maximum absolute atomic E-state index is 6.12. The largest absolute Gasteiger partial charge is 0.456 e. The van der Waals surface area contributed by atoms with Crippen molar-refractivity contribution < 1.29 is 4.42 Å². The Morgan fingerprint density at radius 1 is 0.645 bits per heavy atom.